The van der Waals surface area contributed by atoms with Gasteiger partial charge in [-0.3, -0.25) is 4.79 Å². The van der Waals surface area contributed by atoms with E-state index >= 15 is 0 Å². The van der Waals surface area contributed by atoms with E-state index in [1.807, 2.05) is 11.0 Å². The van der Waals surface area contributed by atoms with Gasteiger partial charge < -0.3 is 19.3 Å². The van der Waals surface area contributed by atoms with Gasteiger partial charge >= 0.3 is 0 Å². The highest BCUT2D eigenvalue weighted by Crippen LogP contribution is 2.41. The first-order valence-electron chi connectivity index (χ1n) is 10.3. The van der Waals surface area contributed by atoms with Crippen LogP contribution in [0.2, 0.25) is 0 Å². The molecule has 31 heavy (non-hydrogen) atoms. The molecule has 0 bridgehead atoms. The Morgan fingerprint density at radius 2 is 2.16 bits per heavy atom. The largest absolute Gasteiger partial charge is 0.490 e. The molecule has 5 rings (SSSR count). The first kappa shape index (κ1) is 19.8. The van der Waals surface area contributed by atoms with Crippen LogP contribution in [0.1, 0.15) is 40.2 Å². The van der Waals surface area contributed by atoms with E-state index in [9.17, 15) is 15.3 Å². The highest BCUT2D eigenvalue weighted by atomic mass is 32.1. The van der Waals surface area contributed by atoms with Crippen LogP contribution >= 0.6 is 11.3 Å². The van der Waals surface area contributed by atoms with Crippen molar-refractivity contribution in [2.75, 3.05) is 20.3 Å². The average Bonchev–Trinajstić information content (AvgIpc) is 3.22. The number of hydrogen-bond acceptors (Lipinski definition) is 8. The minimum absolute atomic E-state index is 0.00851. The summed E-state index contributed by atoms with van der Waals surface area (Å²) in [5.41, 5.74) is 1.77. The molecule has 9 heteroatoms. The van der Waals surface area contributed by atoms with Gasteiger partial charge in [0.15, 0.2) is 6.19 Å². The minimum atomic E-state index is -0.0976. The summed E-state index contributed by atoms with van der Waals surface area (Å²) in [6, 6.07) is 7.46. The molecule has 1 aromatic carbocycles. The minimum Gasteiger partial charge on any atom is -0.490 e. The molecule has 1 saturated carbocycles. The number of amides is 1. The van der Waals surface area contributed by atoms with Crippen molar-refractivity contribution < 1.29 is 14.3 Å². The lowest BCUT2D eigenvalue weighted by atomic mass is 10.1. The maximum Gasteiger partial charge on any atom is 0.274 e. The number of thiazole rings is 1. The molecule has 0 N–H and O–H groups in total. The third-order valence-electron chi connectivity index (χ3n) is 5.95. The van der Waals surface area contributed by atoms with Gasteiger partial charge in [-0.25, -0.2) is 4.98 Å². The van der Waals surface area contributed by atoms with Crippen molar-refractivity contribution in [3.63, 3.8) is 0 Å². The van der Waals surface area contributed by atoms with Crippen LogP contribution in [0.15, 0.2) is 18.2 Å². The van der Waals surface area contributed by atoms with Gasteiger partial charge in [0.05, 0.1) is 53.4 Å². The Labute approximate surface area is 184 Å². The fourth-order valence-electron chi connectivity index (χ4n) is 4.22. The van der Waals surface area contributed by atoms with E-state index in [4.69, 9.17) is 9.47 Å². The standard InChI is InChI=1S/C22H21N5O3S/c1-29-11-15-7-14(9-26(15)12-24)27-10-19-20(22(27)28)25-21(31-19)17-6-13(8-23)2-5-18(17)30-16-3-4-16/h2,5-6,14-16H,3-4,7,9-11H2,1H3/t14-,15+/m1/s1. The lowest BCUT2D eigenvalue weighted by molar-refractivity contribution is 0.0706. The van der Waals surface area contributed by atoms with Crippen LogP contribution in [-0.4, -0.2) is 59.1 Å². The summed E-state index contributed by atoms with van der Waals surface area (Å²) in [5.74, 6) is 0.612. The lowest BCUT2D eigenvalue weighted by Crippen LogP contribution is -2.37. The predicted molar refractivity (Wildman–Crippen MR) is 112 cm³/mol. The number of benzene rings is 1. The number of likely N-dealkylation sites (tertiary alicyclic amines) is 1. The van der Waals surface area contributed by atoms with E-state index in [-0.39, 0.29) is 24.1 Å². The molecule has 0 radical (unpaired) electrons. The molecular weight excluding hydrogens is 414 g/mol. The molecule has 1 amide bonds. The van der Waals surface area contributed by atoms with E-state index in [1.165, 1.54) is 11.3 Å². The Kier molecular flexibility index (Phi) is 5.01. The van der Waals surface area contributed by atoms with Crippen molar-refractivity contribution in [1.82, 2.24) is 14.8 Å². The van der Waals surface area contributed by atoms with E-state index in [0.29, 0.717) is 48.1 Å². The molecule has 0 spiro atoms. The number of hydrogen-bond donors (Lipinski definition) is 0. The molecular formula is C22H21N5O3S. The van der Waals surface area contributed by atoms with Gasteiger partial charge in [0.25, 0.3) is 5.91 Å². The Morgan fingerprint density at radius 3 is 2.84 bits per heavy atom. The van der Waals surface area contributed by atoms with Gasteiger partial charge in [0.1, 0.15) is 16.5 Å². The summed E-state index contributed by atoms with van der Waals surface area (Å²) in [6.07, 6.45) is 5.21. The third-order valence-corrected chi connectivity index (χ3v) is 7.03. The summed E-state index contributed by atoms with van der Waals surface area (Å²) in [7, 11) is 1.62. The molecule has 3 aliphatic rings. The summed E-state index contributed by atoms with van der Waals surface area (Å²) in [4.78, 5) is 22.2. The SMILES string of the molecule is COC[C@@H]1C[C@@H](N2Cc3sc(-c4cc(C#N)ccc4OC4CC4)nc3C2=O)CN1C#N. The zero-order valence-corrected chi connectivity index (χ0v) is 17.9. The number of carbonyl (C=O) groups is 1. The molecule has 1 aliphatic carbocycles. The normalized spacial score (nSPS) is 22.4. The molecule has 2 atom stereocenters. The highest BCUT2D eigenvalue weighted by Gasteiger charge is 2.42. The average molecular weight is 436 g/mol. The number of nitrogens with zero attached hydrogens (tertiary/aromatic N) is 5. The van der Waals surface area contributed by atoms with Crippen LogP contribution in [0.4, 0.5) is 0 Å². The van der Waals surface area contributed by atoms with Crippen LogP contribution in [0.3, 0.4) is 0 Å². The van der Waals surface area contributed by atoms with Gasteiger partial charge in [0, 0.05) is 13.7 Å². The highest BCUT2D eigenvalue weighted by molar-refractivity contribution is 7.15. The molecule has 8 nitrogen and oxygen atoms in total. The molecule has 0 unspecified atom stereocenters. The monoisotopic (exact) mass is 435 g/mol. The summed E-state index contributed by atoms with van der Waals surface area (Å²) >= 11 is 1.47. The van der Waals surface area contributed by atoms with Gasteiger partial charge in [-0.1, -0.05) is 0 Å². The number of aromatic nitrogens is 1. The van der Waals surface area contributed by atoms with Gasteiger partial charge in [-0.15, -0.1) is 11.3 Å². The second-order valence-electron chi connectivity index (χ2n) is 8.11. The topological polar surface area (TPSA) is 102 Å². The quantitative estimate of drug-likeness (QED) is 0.643. The fraction of sp³-hybridized carbons (Fsp3) is 0.455. The summed E-state index contributed by atoms with van der Waals surface area (Å²) in [5, 5.41) is 19.4. The molecule has 2 fully saturated rings. The number of fused-ring (bicyclic) bond motifs is 1. The second kappa shape index (κ2) is 7.84. The van der Waals surface area contributed by atoms with E-state index < -0.39 is 0 Å². The maximum atomic E-state index is 13.1. The first-order chi connectivity index (χ1) is 15.1. The van der Waals surface area contributed by atoms with Crippen LogP contribution in [0, 0.1) is 22.8 Å². The van der Waals surface area contributed by atoms with E-state index in [0.717, 1.165) is 23.3 Å². The lowest BCUT2D eigenvalue weighted by Gasteiger charge is -2.22. The smallest absolute Gasteiger partial charge is 0.274 e. The van der Waals surface area contributed by atoms with Crippen molar-refractivity contribution in [3.8, 4) is 28.6 Å². The molecule has 2 aromatic rings. The molecule has 2 aliphatic heterocycles. The number of carbonyl (C=O) groups excluding carboxylic acids is 1. The van der Waals surface area contributed by atoms with Crippen LogP contribution < -0.4 is 4.74 Å². The summed E-state index contributed by atoms with van der Waals surface area (Å²) < 4.78 is 11.2. The third kappa shape index (κ3) is 3.60. The van der Waals surface area contributed by atoms with Crippen molar-refractivity contribution >= 4 is 17.2 Å². The Hall–Kier alpha value is -3.14. The van der Waals surface area contributed by atoms with Gasteiger partial charge in [-0.05, 0) is 37.5 Å². The van der Waals surface area contributed by atoms with Crippen LogP contribution in [0.5, 0.6) is 5.75 Å². The Balaban J connectivity index is 1.39. The van der Waals surface area contributed by atoms with E-state index in [1.54, 1.807) is 24.1 Å². The predicted octanol–water partition coefficient (Wildman–Crippen LogP) is 2.75. The van der Waals surface area contributed by atoms with Gasteiger partial charge in [-0.2, -0.15) is 10.5 Å². The number of nitriles is 2. The molecule has 1 saturated heterocycles. The van der Waals surface area contributed by atoms with Crippen molar-refractivity contribution in [1.29, 1.82) is 10.5 Å². The number of ether oxygens (including phenoxy) is 2. The maximum absolute atomic E-state index is 13.1. The van der Waals surface area contributed by atoms with Crippen molar-refractivity contribution in [3.05, 3.63) is 34.3 Å². The van der Waals surface area contributed by atoms with E-state index in [2.05, 4.69) is 17.2 Å². The zero-order chi connectivity index (χ0) is 21.5. The second-order valence-corrected chi connectivity index (χ2v) is 9.20. The summed E-state index contributed by atoms with van der Waals surface area (Å²) in [6.45, 7) is 1.48. The molecule has 1 aromatic heterocycles. The number of methoxy groups -OCH3 is 1. The van der Waals surface area contributed by atoms with Crippen molar-refractivity contribution in [2.24, 2.45) is 0 Å². The zero-order valence-electron chi connectivity index (χ0n) is 17.1. The van der Waals surface area contributed by atoms with Crippen molar-refractivity contribution in [2.45, 2.75) is 44.0 Å². The molecule has 3 heterocycles. The number of rotatable bonds is 6. The fourth-order valence-corrected chi connectivity index (χ4v) is 5.30. The molecule has 158 valence electrons. The Bertz CT molecular complexity index is 1110. The first-order valence-corrected chi connectivity index (χ1v) is 11.1. The van der Waals surface area contributed by atoms with Crippen LogP contribution in [0.25, 0.3) is 10.6 Å². The van der Waals surface area contributed by atoms with Crippen LogP contribution in [-0.2, 0) is 11.3 Å². The van der Waals surface area contributed by atoms with Gasteiger partial charge in [0.2, 0.25) is 0 Å². The Morgan fingerprint density at radius 1 is 1.32 bits per heavy atom.